The molecule has 0 atom stereocenters. The number of nitrogens with one attached hydrogen (secondary N) is 1. The van der Waals surface area contributed by atoms with Crippen LogP contribution in [0, 0.1) is 20.8 Å². The maximum atomic E-state index is 12.1. The summed E-state index contributed by atoms with van der Waals surface area (Å²) in [6.07, 6.45) is 0. The molecule has 1 amide bonds. The summed E-state index contributed by atoms with van der Waals surface area (Å²) in [5, 5.41) is 3.65. The zero-order valence-electron chi connectivity index (χ0n) is 14.4. The van der Waals surface area contributed by atoms with E-state index in [1.165, 1.54) is 6.07 Å². The van der Waals surface area contributed by atoms with Gasteiger partial charge in [0.2, 0.25) is 0 Å². The molecule has 0 aliphatic rings. The van der Waals surface area contributed by atoms with E-state index < -0.39 is 5.63 Å². The van der Waals surface area contributed by atoms with E-state index in [-0.39, 0.29) is 12.5 Å². The average Bonchev–Trinajstić information content (AvgIpc) is 2.51. The maximum Gasteiger partial charge on any atom is 0.336 e. The van der Waals surface area contributed by atoms with E-state index in [1.54, 1.807) is 12.1 Å². The van der Waals surface area contributed by atoms with Gasteiger partial charge in [0.05, 0.1) is 0 Å². The molecule has 0 bridgehead atoms. The Hall–Kier alpha value is -3.08. The summed E-state index contributed by atoms with van der Waals surface area (Å²) in [5.41, 5.74) is 3.77. The number of hydrogen-bond acceptors (Lipinski definition) is 4. The molecule has 2 aromatic carbocycles. The Balaban J connectivity index is 1.69. The second-order valence-corrected chi connectivity index (χ2v) is 6.12. The molecular weight excluding hydrogens is 318 g/mol. The summed E-state index contributed by atoms with van der Waals surface area (Å²) in [5.74, 6) is 0.215. The number of carbonyl (C=O) groups excluding carboxylic acids is 1. The number of benzene rings is 2. The van der Waals surface area contributed by atoms with Gasteiger partial charge in [-0.3, -0.25) is 4.79 Å². The minimum atomic E-state index is -0.408. The van der Waals surface area contributed by atoms with Crippen LogP contribution in [0.2, 0.25) is 0 Å². The van der Waals surface area contributed by atoms with E-state index in [4.69, 9.17) is 9.15 Å². The summed E-state index contributed by atoms with van der Waals surface area (Å²) in [4.78, 5) is 23.5. The lowest BCUT2D eigenvalue weighted by Gasteiger charge is -2.09. The molecule has 1 N–H and O–H groups in total. The molecule has 0 saturated carbocycles. The number of anilines is 1. The molecule has 0 saturated heterocycles. The molecule has 0 radical (unpaired) electrons. The highest BCUT2D eigenvalue weighted by Gasteiger charge is 2.07. The minimum Gasteiger partial charge on any atom is -0.484 e. The number of rotatable bonds is 4. The van der Waals surface area contributed by atoms with Gasteiger partial charge < -0.3 is 14.5 Å². The van der Waals surface area contributed by atoms with Crippen molar-refractivity contribution in [1.29, 1.82) is 0 Å². The van der Waals surface area contributed by atoms with Crippen molar-refractivity contribution in [3.05, 3.63) is 69.6 Å². The fraction of sp³-hybridized carbons (Fsp3) is 0.200. The van der Waals surface area contributed by atoms with E-state index in [0.717, 1.165) is 27.8 Å². The monoisotopic (exact) mass is 337 g/mol. The normalized spacial score (nSPS) is 10.7. The zero-order valence-corrected chi connectivity index (χ0v) is 14.4. The molecule has 0 aliphatic carbocycles. The Morgan fingerprint density at radius 1 is 1.04 bits per heavy atom. The summed E-state index contributed by atoms with van der Waals surface area (Å²) >= 11 is 0. The van der Waals surface area contributed by atoms with E-state index >= 15 is 0 Å². The maximum absolute atomic E-state index is 12.1. The summed E-state index contributed by atoms with van der Waals surface area (Å²) in [7, 11) is 0. The van der Waals surface area contributed by atoms with Gasteiger partial charge in [0.25, 0.3) is 5.91 Å². The van der Waals surface area contributed by atoms with Crippen molar-refractivity contribution < 1.29 is 13.9 Å². The van der Waals surface area contributed by atoms with Gasteiger partial charge in [-0.2, -0.15) is 0 Å². The molecule has 1 aromatic heterocycles. The summed E-state index contributed by atoms with van der Waals surface area (Å²) < 4.78 is 10.7. The second kappa shape index (κ2) is 6.81. The van der Waals surface area contributed by atoms with Crippen LogP contribution in [0.4, 0.5) is 5.69 Å². The second-order valence-electron chi connectivity index (χ2n) is 6.12. The van der Waals surface area contributed by atoms with Crippen molar-refractivity contribution >= 4 is 22.6 Å². The number of carbonyl (C=O) groups is 1. The lowest BCUT2D eigenvalue weighted by atomic mass is 10.1. The van der Waals surface area contributed by atoms with Crippen molar-refractivity contribution in [2.45, 2.75) is 20.8 Å². The van der Waals surface area contributed by atoms with Crippen molar-refractivity contribution in [1.82, 2.24) is 0 Å². The molecule has 25 heavy (non-hydrogen) atoms. The summed E-state index contributed by atoms with van der Waals surface area (Å²) in [6.45, 7) is 5.67. The topological polar surface area (TPSA) is 68.5 Å². The molecule has 1 heterocycles. The first-order valence-corrected chi connectivity index (χ1v) is 7.96. The van der Waals surface area contributed by atoms with Crippen LogP contribution in [0.25, 0.3) is 11.0 Å². The smallest absolute Gasteiger partial charge is 0.336 e. The van der Waals surface area contributed by atoms with Gasteiger partial charge >= 0.3 is 5.63 Å². The zero-order chi connectivity index (χ0) is 18.0. The van der Waals surface area contributed by atoms with Gasteiger partial charge in [-0.1, -0.05) is 6.07 Å². The van der Waals surface area contributed by atoms with Crippen LogP contribution < -0.4 is 15.7 Å². The number of ether oxygens (including phenoxy) is 1. The van der Waals surface area contributed by atoms with E-state index in [0.29, 0.717) is 11.3 Å². The van der Waals surface area contributed by atoms with Crippen molar-refractivity contribution in [2.75, 3.05) is 11.9 Å². The molecule has 0 spiro atoms. The fourth-order valence-corrected chi connectivity index (χ4v) is 2.79. The van der Waals surface area contributed by atoms with Crippen LogP contribution in [0.15, 0.2) is 51.7 Å². The van der Waals surface area contributed by atoms with Gasteiger partial charge in [0.1, 0.15) is 11.3 Å². The third-order valence-electron chi connectivity index (χ3n) is 3.80. The van der Waals surface area contributed by atoms with Crippen LogP contribution in [0.1, 0.15) is 16.7 Å². The van der Waals surface area contributed by atoms with E-state index in [1.807, 2.05) is 45.0 Å². The molecule has 3 rings (SSSR count). The molecule has 0 fully saturated rings. The van der Waals surface area contributed by atoms with Gasteiger partial charge in [-0.05, 0) is 61.7 Å². The molecule has 0 aliphatic heterocycles. The quantitative estimate of drug-likeness (QED) is 0.737. The van der Waals surface area contributed by atoms with Gasteiger partial charge in [0.15, 0.2) is 6.61 Å². The first-order chi connectivity index (χ1) is 11.9. The van der Waals surface area contributed by atoms with Crippen molar-refractivity contribution in [2.24, 2.45) is 0 Å². The number of hydrogen-bond donors (Lipinski definition) is 1. The summed E-state index contributed by atoms with van der Waals surface area (Å²) in [6, 6.07) is 12.5. The predicted octanol–water partition coefficient (Wildman–Crippen LogP) is 3.74. The van der Waals surface area contributed by atoms with Gasteiger partial charge in [0, 0.05) is 23.2 Å². The molecule has 5 heteroatoms. The molecule has 5 nitrogen and oxygen atoms in total. The predicted molar refractivity (Wildman–Crippen MR) is 97.3 cm³/mol. The molecule has 3 aromatic rings. The average molecular weight is 337 g/mol. The first kappa shape index (κ1) is 16.8. The van der Waals surface area contributed by atoms with E-state index in [9.17, 15) is 9.59 Å². The van der Waals surface area contributed by atoms with Crippen molar-refractivity contribution in [3.63, 3.8) is 0 Å². The van der Waals surface area contributed by atoms with Crippen molar-refractivity contribution in [3.8, 4) is 5.75 Å². The van der Waals surface area contributed by atoms with E-state index in [2.05, 4.69) is 5.32 Å². The lowest BCUT2D eigenvalue weighted by molar-refractivity contribution is -0.118. The number of amides is 1. The van der Waals surface area contributed by atoms with Gasteiger partial charge in [-0.15, -0.1) is 0 Å². The Morgan fingerprint density at radius 3 is 2.48 bits per heavy atom. The molecular formula is C20H19NO4. The fourth-order valence-electron chi connectivity index (χ4n) is 2.79. The Morgan fingerprint density at radius 2 is 1.76 bits per heavy atom. The third-order valence-corrected chi connectivity index (χ3v) is 3.80. The van der Waals surface area contributed by atoms with Crippen LogP contribution >= 0.6 is 0 Å². The Labute approximate surface area is 145 Å². The van der Waals surface area contributed by atoms with Crippen LogP contribution in [0.3, 0.4) is 0 Å². The lowest BCUT2D eigenvalue weighted by Crippen LogP contribution is -2.20. The van der Waals surface area contributed by atoms with Gasteiger partial charge in [-0.25, -0.2) is 4.79 Å². The third kappa shape index (κ3) is 4.07. The largest absolute Gasteiger partial charge is 0.484 e. The van der Waals surface area contributed by atoms with Crippen LogP contribution in [-0.4, -0.2) is 12.5 Å². The number of aryl methyl sites for hydroxylation is 3. The highest BCUT2D eigenvalue weighted by Crippen LogP contribution is 2.22. The SMILES string of the molecule is Cc1cc(C)cc(NC(=O)COc2ccc3c(C)cc(=O)oc3c2)c1. The first-order valence-electron chi connectivity index (χ1n) is 7.96. The molecule has 128 valence electrons. The minimum absolute atomic E-state index is 0.130. The standard InChI is InChI=1S/C20H19NO4/c1-12-6-13(2)8-15(7-12)21-19(22)11-24-16-4-5-17-14(3)9-20(23)25-18(17)10-16/h4-10H,11H2,1-3H3,(H,21,22). The Kier molecular flexibility index (Phi) is 4.57. The highest BCUT2D eigenvalue weighted by atomic mass is 16.5. The van der Waals surface area contributed by atoms with Crippen LogP contribution in [0.5, 0.6) is 5.75 Å². The highest BCUT2D eigenvalue weighted by molar-refractivity contribution is 5.92. The molecule has 0 unspecified atom stereocenters. The Bertz CT molecular complexity index is 984. The number of fused-ring (bicyclic) bond motifs is 1. The van der Waals surface area contributed by atoms with Crippen LogP contribution in [-0.2, 0) is 4.79 Å².